The Morgan fingerprint density at radius 3 is 1.12 bits per heavy atom. The van der Waals surface area contributed by atoms with Crippen LogP contribution in [0.4, 0.5) is 0 Å². The Morgan fingerprint density at radius 1 is 0.382 bits per heavy atom. The molecule has 7 rings (SSSR count). The molecule has 0 atom stereocenters. The minimum Gasteiger partial charge on any atom is -0.351 e. The van der Waals surface area contributed by atoms with Crippen molar-refractivity contribution in [3.05, 3.63) is 114 Å². The normalized spacial score (nSPS) is 12.0. The van der Waals surface area contributed by atoms with Crippen molar-refractivity contribution >= 4 is 65.2 Å². The molecule has 0 saturated heterocycles. The van der Waals surface area contributed by atoms with Crippen molar-refractivity contribution in [1.82, 2.24) is 9.97 Å². The van der Waals surface area contributed by atoms with E-state index in [9.17, 15) is 19.2 Å². The summed E-state index contributed by atoms with van der Waals surface area (Å²) in [4.78, 5) is 59.5. The maximum absolute atomic E-state index is 13.4. The predicted molar refractivity (Wildman–Crippen MR) is 136 cm³/mol. The van der Waals surface area contributed by atoms with E-state index in [2.05, 4.69) is 9.97 Å². The van der Waals surface area contributed by atoms with Gasteiger partial charge in [-0.05, 0) is 24.3 Å². The molecular weight excluding hydrogens is 428 g/mol. The molecule has 6 aromatic carbocycles. The monoisotopic (exact) mass is 442 g/mol. The van der Waals surface area contributed by atoms with Gasteiger partial charge in [-0.25, -0.2) is 0 Å². The molecule has 0 radical (unpaired) electrons. The summed E-state index contributed by atoms with van der Waals surface area (Å²) in [5.41, 5.74) is 1.18. The molecule has 0 fully saturated rings. The molecule has 2 N–H and O–H groups in total. The van der Waals surface area contributed by atoms with Crippen LogP contribution >= 0.6 is 0 Å². The molecule has 0 aliphatic rings. The summed E-state index contributed by atoms with van der Waals surface area (Å²) in [6.45, 7) is 0. The zero-order chi connectivity index (χ0) is 23.1. The third-order valence-corrected chi connectivity index (χ3v) is 6.71. The molecule has 1 heterocycles. The summed E-state index contributed by atoms with van der Waals surface area (Å²) in [6.07, 6.45) is 0. The average molecular weight is 442 g/mol. The van der Waals surface area contributed by atoms with Gasteiger partial charge in [0.05, 0.1) is 32.8 Å². The van der Waals surface area contributed by atoms with Crippen LogP contribution in [0.2, 0.25) is 0 Å². The topological polar surface area (TPSA) is 99.9 Å². The fraction of sp³-hybridized carbons (Fsp3) is 0. The number of hydrogen-bond acceptors (Lipinski definition) is 4. The first-order valence-corrected chi connectivity index (χ1v) is 10.8. The van der Waals surface area contributed by atoms with Gasteiger partial charge in [0.25, 0.3) is 0 Å². The molecule has 0 amide bonds. The summed E-state index contributed by atoms with van der Waals surface area (Å²) in [7, 11) is 0. The lowest BCUT2D eigenvalue weighted by Crippen LogP contribution is -2.14. The van der Waals surface area contributed by atoms with Crippen molar-refractivity contribution < 1.29 is 0 Å². The van der Waals surface area contributed by atoms with Crippen molar-refractivity contribution in [1.29, 1.82) is 0 Å². The SMILES string of the molecule is O=c1c2ccccc2c(=O)c2c1ccc1[nH]c3c(ccc4c(=O)c5ccccc5c(=O)c43)[nH]c12. The van der Waals surface area contributed by atoms with Crippen molar-refractivity contribution in [3.63, 3.8) is 0 Å². The second kappa shape index (κ2) is 6.36. The molecule has 0 spiro atoms. The van der Waals surface area contributed by atoms with E-state index < -0.39 is 0 Å². The van der Waals surface area contributed by atoms with Crippen molar-refractivity contribution in [2.75, 3.05) is 0 Å². The molecule has 7 aromatic rings. The van der Waals surface area contributed by atoms with Gasteiger partial charge in [-0.15, -0.1) is 0 Å². The second-order valence-electron chi connectivity index (χ2n) is 8.48. The molecule has 160 valence electrons. The summed E-state index contributed by atoms with van der Waals surface area (Å²) in [5, 5.41) is 2.76. The molecule has 0 bridgehead atoms. The Balaban J connectivity index is 1.72. The van der Waals surface area contributed by atoms with Gasteiger partial charge in [-0.1, -0.05) is 48.5 Å². The minimum atomic E-state index is -0.238. The first-order valence-electron chi connectivity index (χ1n) is 10.8. The number of aromatic amines is 2. The number of nitrogens with one attached hydrogen (secondary N) is 2. The van der Waals surface area contributed by atoms with E-state index in [0.29, 0.717) is 65.2 Å². The van der Waals surface area contributed by atoms with Crippen LogP contribution in [0.1, 0.15) is 0 Å². The van der Waals surface area contributed by atoms with Crippen molar-refractivity contribution in [3.8, 4) is 0 Å². The van der Waals surface area contributed by atoms with Gasteiger partial charge < -0.3 is 9.97 Å². The van der Waals surface area contributed by atoms with Gasteiger partial charge in [-0.3, -0.25) is 19.2 Å². The highest BCUT2D eigenvalue weighted by molar-refractivity contribution is 6.14. The Labute approximate surface area is 189 Å². The van der Waals surface area contributed by atoms with Gasteiger partial charge in [0.15, 0.2) is 21.7 Å². The van der Waals surface area contributed by atoms with E-state index in [1.54, 1.807) is 72.8 Å². The van der Waals surface area contributed by atoms with Gasteiger partial charge in [0.2, 0.25) is 0 Å². The smallest absolute Gasteiger partial charge is 0.196 e. The fourth-order valence-corrected chi connectivity index (χ4v) is 5.11. The first-order chi connectivity index (χ1) is 16.5. The van der Waals surface area contributed by atoms with Crippen LogP contribution in [0.3, 0.4) is 0 Å². The number of hydrogen-bond donors (Lipinski definition) is 2. The van der Waals surface area contributed by atoms with Crippen LogP contribution in [0, 0.1) is 0 Å². The maximum atomic E-state index is 13.4. The van der Waals surface area contributed by atoms with Gasteiger partial charge in [-0.2, -0.15) is 0 Å². The van der Waals surface area contributed by atoms with Gasteiger partial charge in [0, 0.05) is 32.3 Å². The minimum absolute atomic E-state index is 0.205. The zero-order valence-electron chi connectivity index (χ0n) is 17.6. The molecule has 0 unspecified atom stereocenters. The van der Waals surface area contributed by atoms with E-state index in [1.165, 1.54) is 0 Å². The number of rotatable bonds is 0. The first kappa shape index (κ1) is 18.7. The van der Waals surface area contributed by atoms with Crippen molar-refractivity contribution in [2.24, 2.45) is 0 Å². The van der Waals surface area contributed by atoms with E-state index >= 15 is 0 Å². The van der Waals surface area contributed by atoms with Crippen LogP contribution in [-0.2, 0) is 0 Å². The standard InChI is InChI=1S/C28H14N2O4/c31-25-13-5-1-3-7-15(13)27(33)21-17(25)9-11-19-23(21)29-20-12-10-18-22(24(20)30-19)28(34)16-8-4-2-6-14(16)26(18)32/h1-12,29-30H. The summed E-state index contributed by atoms with van der Waals surface area (Å²) >= 11 is 0. The Kier molecular flexibility index (Phi) is 3.50. The van der Waals surface area contributed by atoms with E-state index in [4.69, 9.17) is 0 Å². The van der Waals surface area contributed by atoms with Crippen LogP contribution in [0.5, 0.6) is 0 Å². The highest BCUT2D eigenvalue weighted by atomic mass is 16.1. The van der Waals surface area contributed by atoms with Crippen LogP contribution in [0.25, 0.3) is 65.2 Å². The van der Waals surface area contributed by atoms with Gasteiger partial charge >= 0.3 is 0 Å². The summed E-state index contributed by atoms with van der Waals surface area (Å²) < 4.78 is 0. The second-order valence-corrected chi connectivity index (χ2v) is 8.48. The zero-order valence-corrected chi connectivity index (χ0v) is 17.6. The lowest BCUT2D eigenvalue weighted by atomic mass is 9.99. The molecule has 0 aliphatic carbocycles. The quantitative estimate of drug-likeness (QED) is 0.272. The highest BCUT2D eigenvalue weighted by Crippen LogP contribution is 2.26. The Bertz CT molecular complexity index is 2100. The molecular formula is C28H14N2O4. The number of benzene rings is 6. The third-order valence-electron chi connectivity index (χ3n) is 6.71. The maximum Gasteiger partial charge on any atom is 0.196 e. The molecule has 6 heteroatoms. The lowest BCUT2D eigenvalue weighted by Gasteiger charge is -2.10. The van der Waals surface area contributed by atoms with E-state index in [1.807, 2.05) is 0 Å². The highest BCUT2D eigenvalue weighted by Gasteiger charge is 2.17. The summed E-state index contributed by atoms with van der Waals surface area (Å²) in [5.74, 6) is 0. The lowest BCUT2D eigenvalue weighted by molar-refractivity contribution is 1.41. The largest absolute Gasteiger partial charge is 0.351 e. The average Bonchev–Trinajstić information content (AvgIpc) is 2.88. The van der Waals surface area contributed by atoms with E-state index in [0.717, 1.165) is 0 Å². The molecule has 0 aliphatic heterocycles. The number of aromatic nitrogens is 2. The Morgan fingerprint density at radius 2 is 0.735 bits per heavy atom. The molecule has 6 nitrogen and oxygen atoms in total. The summed E-state index contributed by atoms with van der Waals surface area (Å²) in [6, 6.07) is 20.3. The van der Waals surface area contributed by atoms with Crippen LogP contribution < -0.4 is 21.7 Å². The van der Waals surface area contributed by atoms with Gasteiger partial charge in [0.1, 0.15) is 0 Å². The van der Waals surface area contributed by atoms with Crippen LogP contribution in [0.15, 0.2) is 92.0 Å². The van der Waals surface area contributed by atoms with Crippen molar-refractivity contribution in [2.45, 2.75) is 0 Å². The fourth-order valence-electron chi connectivity index (χ4n) is 5.11. The van der Waals surface area contributed by atoms with Crippen LogP contribution in [-0.4, -0.2) is 9.97 Å². The molecule has 1 aromatic heterocycles. The third kappa shape index (κ3) is 2.24. The predicted octanol–water partition coefficient (Wildman–Crippen LogP) is 4.14. The molecule has 34 heavy (non-hydrogen) atoms. The number of fused-ring (bicyclic) bond motifs is 8. The Hall–Kier alpha value is -4.84. The molecule has 0 saturated carbocycles. The van der Waals surface area contributed by atoms with E-state index in [-0.39, 0.29) is 21.7 Å². The number of H-pyrrole nitrogens is 2.